The highest BCUT2D eigenvalue weighted by atomic mass is 16.6. The Kier molecular flexibility index (Phi) is 5.57. The van der Waals surface area contributed by atoms with E-state index in [1.165, 1.54) is 0 Å². The van der Waals surface area contributed by atoms with Crippen LogP contribution >= 0.6 is 0 Å². The van der Waals surface area contributed by atoms with Gasteiger partial charge < -0.3 is 11.5 Å². The molecule has 0 radical (unpaired) electrons. The van der Waals surface area contributed by atoms with E-state index in [1.807, 2.05) is 0 Å². The predicted octanol–water partition coefficient (Wildman–Crippen LogP) is 0.500. The van der Waals surface area contributed by atoms with Gasteiger partial charge in [-0.2, -0.15) is 0 Å². The first-order valence-corrected chi connectivity index (χ1v) is 4.61. The lowest BCUT2D eigenvalue weighted by Crippen LogP contribution is -2.35. The molecule has 5 nitrogen and oxygen atoms in total. The number of rotatable bonds is 7. The molecule has 0 aromatic carbocycles. The van der Waals surface area contributed by atoms with E-state index < -0.39 is 5.54 Å². The Bertz CT molecular complexity index is 153. The Hall–Kier alpha value is -0.680. The lowest BCUT2D eigenvalue weighted by atomic mass is 9.91. The Morgan fingerprint density at radius 3 is 1.85 bits per heavy atom. The highest BCUT2D eigenvalue weighted by molar-refractivity contribution is 4.74. The Morgan fingerprint density at radius 2 is 1.62 bits per heavy atom. The van der Waals surface area contributed by atoms with Gasteiger partial charge in [-0.25, -0.2) is 0 Å². The number of nitrogens with two attached hydrogens (primary N) is 2. The molecule has 0 aliphatic heterocycles. The van der Waals surface area contributed by atoms with Gasteiger partial charge in [-0.3, -0.25) is 10.1 Å². The zero-order valence-electron chi connectivity index (χ0n) is 8.16. The maximum Gasteiger partial charge on any atom is 0.219 e. The van der Waals surface area contributed by atoms with Gasteiger partial charge in [0.1, 0.15) is 0 Å². The van der Waals surface area contributed by atoms with Crippen molar-refractivity contribution in [1.29, 1.82) is 0 Å². The maximum atomic E-state index is 10.8. The standard InChI is InChI=1S/C8H19N3O2/c1-8(11(12)13,4-2-6-9)5-3-7-10/h2-7,9-10H2,1H3. The minimum absolute atomic E-state index is 0.210. The molecule has 4 N–H and O–H groups in total. The summed E-state index contributed by atoms with van der Waals surface area (Å²) in [6.45, 7) is 2.68. The summed E-state index contributed by atoms with van der Waals surface area (Å²) in [5.74, 6) is 0. The van der Waals surface area contributed by atoms with Crippen molar-refractivity contribution in [2.24, 2.45) is 11.5 Å². The molecule has 0 aromatic heterocycles. The molecule has 0 aliphatic rings. The van der Waals surface area contributed by atoms with Gasteiger partial charge in [0, 0.05) is 24.7 Å². The van der Waals surface area contributed by atoms with E-state index >= 15 is 0 Å². The van der Waals surface area contributed by atoms with E-state index in [1.54, 1.807) is 6.92 Å². The van der Waals surface area contributed by atoms with Gasteiger partial charge in [0.2, 0.25) is 5.54 Å². The first-order valence-electron chi connectivity index (χ1n) is 4.61. The fourth-order valence-corrected chi connectivity index (χ4v) is 1.27. The van der Waals surface area contributed by atoms with Crippen LogP contribution in [-0.4, -0.2) is 23.6 Å². The molecule has 5 heteroatoms. The van der Waals surface area contributed by atoms with E-state index in [0.717, 1.165) is 0 Å². The first kappa shape index (κ1) is 12.3. The smallest absolute Gasteiger partial charge is 0.219 e. The van der Waals surface area contributed by atoms with Crippen molar-refractivity contribution >= 4 is 0 Å². The molecule has 0 amide bonds. The summed E-state index contributed by atoms with van der Waals surface area (Å²) in [6, 6.07) is 0. The minimum Gasteiger partial charge on any atom is -0.330 e. The van der Waals surface area contributed by atoms with Crippen LogP contribution < -0.4 is 11.5 Å². The lowest BCUT2D eigenvalue weighted by Gasteiger charge is -2.20. The van der Waals surface area contributed by atoms with Gasteiger partial charge in [0.15, 0.2) is 0 Å². The molecule has 0 spiro atoms. The first-order chi connectivity index (χ1) is 6.06. The van der Waals surface area contributed by atoms with Gasteiger partial charge >= 0.3 is 0 Å². The predicted molar refractivity (Wildman–Crippen MR) is 52.0 cm³/mol. The second-order valence-corrected chi connectivity index (χ2v) is 3.54. The van der Waals surface area contributed by atoms with Crippen LogP contribution in [0.15, 0.2) is 0 Å². The number of hydrogen-bond donors (Lipinski definition) is 2. The normalized spacial score (nSPS) is 11.6. The van der Waals surface area contributed by atoms with Crippen molar-refractivity contribution < 1.29 is 4.92 Å². The third-order valence-corrected chi connectivity index (χ3v) is 2.28. The molecule has 0 saturated heterocycles. The number of nitro groups is 1. The van der Waals surface area contributed by atoms with Crippen LogP contribution in [-0.2, 0) is 0 Å². The molecule has 0 atom stereocenters. The molecule has 0 heterocycles. The van der Waals surface area contributed by atoms with Crippen molar-refractivity contribution in [3.05, 3.63) is 10.1 Å². The molecule has 78 valence electrons. The van der Waals surface area contributed by atoms with E-state index in [-0.39, 0.29) is 4.92 Å². The maximum absolute atomic E-state index is 10.8. The molecule has 0 aromatic rings. The van der Waals surface area contributed by atoms with Crippen LogP contribution in [0.4, 0.5) is 0 Å². The second kappa shape index (κ2) is 5.88. The van der Waals surface area contributed by atoms with Gasteiger partial charge in [0.25, 0.3) is 0 Å². The van der Waals surface area contributed by atoms with Crippen molar-refractivity contribution in [2.75, 3.05) is 13.1 Å². The van der Waals surface area contributed by atoms with Crippen LogP contribution in [0.25, 0.3) is 0 Å². The molecule has 0 bridgehead atoms. The molecule has 0 aliphatic carbocycles. The average molecular weight is 189 g/mol. The van der Waals surface area contributed by atoms with Crippen molar-refractivity contribution in [3.63, 3.8) is 0 Å². The zero-order valence-corrected chi connectivity index (χ0v) is 8.16. The fourth-order valence-electron chi connectivity index (χ4n) is 1.27. The van der Waals surface area contributed by atoms with Crippen LogP contribution in [0.1, 0.15) is 32.6 Å². The van der Waals surface area contributed by atoms with Gasteiger partial charge in [-0.15, -0.1) is 0 Å². The van der Waals surface area contributed by atoms with E-state index in [0.29, 0.717) is 38.8 Å². The summed E-state index contributed by atoms with van der Waals surface area (Å²) >= 11 is 0. The molecule has 0 fully saturated rings. The molecular formula is C8H19N3O2. The van der Waals surface area contributed by atoms with Crippen LogP contribution in [0.2, 0.25) is 0 Å². The number of hydrogen-bond acceptors (Lipinski definition) is 4. The summed E-state index contributed by atoms with van der Waals surface area (Å²) in [5, 5.41) is 10.8. The van der Waals surface area contributed by atoms with Gasteiger partial charge in [0.05, 0.1) is 0 Å². The summed E-state index contributed by atoms with van der Waals surface area (Å²) in [4.78, 5) is 10.5. The fraction of sp³-hybridized carbons (Fsp3) is 1.00. The monoisotopic (exact) mass is 189 g/mol. The van der Waals surface area contributed by atoms with E-state index in [2.05, 4.69) is 0 Å². The zero-order chi connectivity index (χ0) is 10.3. The molecule has 0 rings (SSSR count). The average Bonchev–Trinajstić information content (AvgIpc) is 2.11. The van der Waals surface area contributed by atoms with E-state index in [4.69, 9.17) is 11.5 Å². The van der Waals surface area contributed by atoms with Crippen LogP contribution in [0.3, 0.4) is 0 Å². The second-order valence-electron chi connectivity index (χ2n) is 3.54. The van der Waals surface area contributed by atoms with Crippen molar-refractivity contribution in [1.82, 2.24) is 0 Å². The van der Waals surface area contributed by atoms with E-state index in [9.17, 15) is 10.1 Å². The Labute approximate surface area is 78.6 Å². The summed E-state index contributed by atoms with van der Waals surface area (Å²) < 4.78 is 0. The summed E-state index contributed by atoms with van der Waals surface area (Å²) in [5.41, 5.74) is 9.80. The minimum atomic E-state index is -0.835. The molecule has 0 saturated carbocycles. The summed E-state index contributed by atoms with van der Waals surface area (Å²) in [6.07, 6.45) is 2.47. The highest BCUT2D eigenvalue weighted by Gasteiger charge is 2.35. The third kappa shape index (κ3) is 4.19. The third-order valence-electron chi connectivity index (χ3n) is 2.28. The molecular weight excluding hydrogens is 170 g/mol. The van der Waals surface area contributed by atoms with Crippen LogP contribution in [0.5, 0.6) is 0 Å². The quantitative estimate of drug-likeness (QED) is 0.450. The summed E-state index contributed by atoms with van der Waals surface area (Å²) in [7, 11) is 0. The lowest BCUT2D eigenvalue weighted by molar-refractivity contribution is -0.567. The largest absolute Gasteiger partial charge is 0.330 e. The van der Waals surface area contributed by atoms with Crippen molar-refractivity contribution in [3.8, 4) is 0 Å². The van der Waals surface area contributed by atoms with Gasteiger partial charge in [-0.1, -0.05) is 0 Å². The van der Waals surface area contributed by atoms with Crippen molar-refractivity contribution in [2.45, 2.75) is 38.1 Å². The molecule has 0 unspecified atom stereocenters. The van der Waals surface area contributed by atoms with Crippen LogP contribution in [0, 0.1) is 10.1 Å². The number of nitrogens with zero attached hydrogens (tertiary/aromatic N) is 1. The SMILES string of the molecule is CC(CCCN)(CCCN)[N+](=O)[O-]. The Balaban J connectivity index is 4.08. The van der Waals surface area contributed by atoms with Gasteiger partial charge in [-0.05, 0) is 25.9 Å². The topological polar surface area (TPSA) is 95.2 Å². The highest BCUT2D eigenvalue weighted by Crippen LogP contribution is 2.22. The molecule has 13 heavy (non-hydrogen) atoms. The Morgan fingerprint density at radius 1 is 1.23 bits per heavy atom.